The van der Waals surface area contributed by atoms with Gasteiger partial charge in [0.2, 0.25) is 0 Å². The first-order valence-corrected chi connectivity index (χ1v) is 8.43. The molecule has 0 radical (unpaired) electrons. The molecule has 0 fully saturated rings. The summed E-state index contributed by atoms with van der Waals surface area (Å²) < 4.78 is 119. The van der Waals surface area contributed by atoms with Gasteiger partial charge in [-0.15, -0.1) is 0 Å². The van der Waals surface area contributed by atoms with Gasteiger partial charge in [-0.1, -0.05) is 0 Å². The van der Waals surface area contributed by atoms with Crippen LogP contribution in [-0.4, -0.2) is 13.3 Å². The summed E-state index contributed by atoms with van der Waals surface area (Å²) in [5, 5.41) is 16.4. The first kappa shape index (κ1) is 23.2. The number of halogens is 8. The second-order valence-corrected chi connectivity index (χ2v) is 6.27. The molecule has 0 bridgehead atoms. The summed E-state index contributed by atoms with van der Waals surface area (Å²) in [5.41, 5.74) is -2.32. The molecule has 0 unspecified atom stereocenters. The maximum absolute atomic E-state index is 15.1. The van der Waals surface area contributed by atoms with Gasteiger partial charge in [-0.2, -0.15) is 15.8 Å². The molecule has 0 aliphatic heterocycles. The highest BCUT2D eigenvalue weighted by atomic mass is 19.2. The lowest BCUT2D eigenvalue weighted by molar-refractivity contribution is 0.483. The van der Waals surface area contributed by atoms with Crippen LogP contribution in [0.1, 0.15) is 0 Å². The topological polar surface area (TPSA) is 83.7 Å². The summed E-state index contributed by atoms with van der Waals surface area (Å²) in [4.78, 5) is 3.32. The van der Waals surface area contributed by atoms with Crippen molar-refractivity contribution in [3.63, 3.8) is 0 Å². The van der Waals surface area contributed by atoms with E-state index in [2.05, 4.69) is 4.99 Å². The third-order valence-electron chi connectivity index (χ3n) is 4.64. The van der Waals surface area contributed by atoms with Crippen molar-refractivity contribution in [3.8, 4) is 18.2 Å². The van der Waals surface area contributed by atoms with Crippen molar-refractivity contribution in [3.05, 3.63) is 57.0 Å². The van der Waals surface area contributed by atoms with E-state index in [1.807, 2.05) is 0 Å². The van der Waals surface area contributed by atoms with Gasteiger partial charge in [0.15, 0.2) is 23.3 Å². The van der Waals surface area contributed by atoms with Crippen LogP contribution in [0.25, 0.3) is 32.7 Å². The average molecular weight is 464 g/mol. The summed E-state index contributed by atoms with van der Waals surface area (Å²) in [5.74, 6) is -17.7. The molecule has 0 N–H and O–H groups in total. The van der Waals surface area contributed by atoms with E-state index < -0.39 is 89.7 Å². The first-order chi connectivity index (χ1) is 15.6. The molecule has 3 aromatic carbocycles. The third kappa shape index (κ3) is 3.06. The molecule has 0 aliphatic carbocycles. The number of benzene rings is 3. The normalized spacial score (nSPS) is 12.1. The molecule has 164 valence electrons. The minimum atomic E-state index is -2.33. The minimum absolute atomic E-state index is 0.579. The lowest BCUT2D eigenvalue weighted by Crippen LogP contribution is -2.23. The smallest absolute Gasteiger partial charge is 0.171 e. The Hall–Kier alpha value is -4.50. The summed E-state index contributed by atoms with van der Waals surface area (Å²) in [6.45, 7) is 0. The molecule has 4 nitrogen and oxygen atoms in total. The van der Waals surface area contributed by atoms with Crippen LogP contribution in [0, 0.1) is 80.5 Å². The largest absolute Gasteiger partial charge is 0.295 e. The number of aliphatic imine (C=N–C) groups is 1. The summed E-state index contributed by atoms with van der Waals surface area (Å²) in [7, 11) is 1.07. The summed E-state index contributed by atoms with van der Waals surface area (Å²) in [6.07, 6.45) is 0.579. The van der Waals surface area contributed by atoms with E-state index in [1.165, 1.54) is 6.07 Å². The number of fused-ring (bicyclic) bond motifs is 2. The highest BCUT2D eigenvalue weighted by Crippen LogP contribution is 2.36. The first-order valence-electron chi connectivity index (χ1n) is 8.43. The fourth-order valence-electron chi connectivity index (χ4n) is 3.27. The van der Waals surface area contributed by atoms with E-state index in [1.54, 1.807) is 0 Å². The molecule has 3 aromatic rings. The predicted molar refractivity (Wildman–Crippen MR) is 98.4 cm³/mol. The third-order valence-corrected chi connectivity index (χ3v) is 4.64. The van der Waals surface area contributed by atoms with Gasteiger partial charge in [0, 0.05) is 13.3 Å². The molecule has 0 atom stereocenters. The molecule has 0 saturated heterocycles. The SMILES string of the molecule is CN=C/C(C#N)=c1\c(F)c(F)c2c(F)c3c(F)c(=C(C#N)C#N)c(F)c(F)c3c(F)c2c1F. The van der Waals surface area contributed by atoms with Gasteiger partial charge in [0.05, 0.1) is 37.6 Å². The standard InChI is InChI=1S/C21H4F8N4/c1-33-5-7(4-32)9-15(23)11-13(21(29)19(9)27)16(24)10-12(17(11)25)20(28)18(26)8(14(10)22)6(2-30)3-31/h5H,1H3/b9-7-,33-5?. The Labute approximate surface area is 177 Å². The zero-order valence-corrected chi connectivity index (χ0v) is 15.9. The number of rotatable bonds is 1. The van der Waals surface area contributed by atoms with Crippen molar-refractivity contribution < 1.29 is 35.1 Å². The van der Waals surface area contributed by atoms with Gasteiger partial charge < -0.3 is 0 Å². The van der Waals surface area contributed by atoms with Crippen molar-refractivity contribution in [1.29, 1.82) is 15.8 Å². The fraction of sp³-hybridized carbons (Fsp3) is 0.0476. The fourth-order valence-corrected chi connectivity index (χ4v) is 3.27. The summed E-state index contributed by atoms with van der Waals surface area (Å²) >= 11 is 0. The van der Waals surface area contributed by atoms with Gasteiger partial charge in [0.25, 0.3) is 0 Å². The van der Waals surface area contributed by atoms with Gasteiger partial charge in [-0.05, 0) is 0 Å². The maximum atomic E-state index is 15.1. The lowest BCUT2D eigenvalue weighted by atomic mass is 9.96. The molecular weight excluding hydrogens is 460 g/mol. The number of hydrogen-bond acceptors (Lipinski definition) is 4. The second kappa shape index (κ2) is 8.21. The van der Waals surface area contributed by atoms with Crippen molar-refractivity contribution in [2.75, 3.05) is 7.05 Å². The van der Waals surface area contributed by atoms with E-state index in [4.69, 9.17) is 15.8 Å². The van der Waals surface area contributed by atoms with Crippen LogP contribution in [-0.2, 0) is 0 Å². The molecule has 0 amide bonds. The minimum Gasteiger partial charge on any atom is -0.295 e. The zero-order valence-electron chi connectivity index (χ0n) is 15.9. The van der Waals surface area contributed by atoms with Gasteiger partial charge in [0.1, 0.15) is 47.0 Å². The van der Waals surface area contributed by atoms with Crippen LogP contribution in [0.2, 0.25) is 0 Å². The number of nitrogens with zero attached hydrogens (tertiary/aromatic N) is 4. The zero-order chi connectivity index (χ0) is 24.8. The summed E-state index contributed by atoms with van der Waals surface area (Å²) in [6, 6.07) is 3.34. The highest BCUT2D eigenvalue weighted by molar-refractivity contribution is 6.09. The van der Waals surface area contributed by atoms with Crippen molar-refractivity contribution in [1.82, 2.24) is 0 Å². The number of nitriles is 3. The molecule has 3 rings (SSSR count). The molecular formula is C21H4F8N4. The molecule has 0 saturated carbocycles. The molecule has 33 heavy (non-hydrogen) atoms. The van der Waals surface area contributed by atoms with E-state index in [9.17, 15) is 22.0 Å². The van der Waals surface area contributed by atoms with Gasteiger partial charge >= 0.3 is 0 Å². The Morgan fingerprint density at radius 2 is 0.970 bits per heavy atom. The van der Waals surface area contributed by atoms with Gasteiger partial charge in [-0.3, -0.25) is 4.99 Å². The Kier molecular flexibility index (Phi) is 5.76. The molecule has 0 heterocycles. The predicted octanol–water partition coefficient (Wildman–Crippen LogP) is 3.68. The van der Waals surface area contributed by atoms with Gasteiger partial charge in [-0.25, -0.2) is 35.1 Å². The van der Waals surface area contributed by atoms with E-state index >= 15 is 13.2 Å². The maximum Gasteiger partial charge on any atom is 0.171 e. The lowest BCUT2D eigenvalue weighted by Gasteiger charge is -2.13. The Morgan fingerprint density at radius 3 is 1.36 bits per heavy atom. The Morgan fingerprint density at radius 1 is 0.576 bits per heavy atom. The second-order valence-electron chi connectivity index (χ2n) is 6.27. The van der Waals surface area contributed by atoms with Crippen LogP contribution in [0.15, 0.2) is 4.99 Å². The van der Waals surface area contributed by atoms with Crippen LogP contribution in [0.3, 0.4) is 0 Å². The van der Waals surface area contributed by atoms with E-state index in [-0.39, 0.29) is 0 Å². The molecule has 0 spiro atoms. The molecule has 0 aromatic heterocycles. The molecule has 0 aliphatic rings. The quantitative estimate of drug-likeness (QED) is 0.239. The van der Waals surface area contributed by atoms with E-state index in [0.717, 1.165) is 19.2 Å². The average Bonchev–Trinajstić information content (AvgIpc) is 2.79. The van der Waals surface area contributed by atoms with Crippen LogP contribution < -0.4 is 10.4 Å². The van der Waals surface area contributed by atoms with Crippen LogP contribution in [0.4, 0.5) is 35.1 Å². The van der Waals surface area contributed by atoms with Crippen molar-refractivity contribution in [2.24, 2.45) is 4.99 Å². The van der Waals surface area contributed by atoms with Crippen LogP contribution in [0.5, 0.6) is 0 Å². The molecule has 12 heteroatoms. The Bertz CT molecular complexity index is 1670. The van der Waals surface area contributed by atoms with Crippen molar-refractivity contribution >= 4 is 38.9 Å². The highest BCUT2D eigenvalue weighted by Gasteiger charge is 2.31. The monoisotopic (exact) mass is 464 g/mol. The Balaban J connectivity index is 2.89. The van der Waals surface area contributed by atoms with E-state index in [0.29, 0.717) is 6.21 Å². The van der Waals surface area contributed by atoms with Crippen LogP contribution >= 0.6 is 0 Å². The number of hydrogen-bond donors (Lipinski definition) is 0. The van der Waals surface area contributed by atoms with Crippen molar-refractivity contribution in [2.45, 2.75) is 0 Å².